The fourth-order valence-electron chi connectivity index (χ4n) is 4.42. The highest BCUT2D eigenvalue weighted by Crippen LogP contribution is 2.55. The molecule has 0 aliphatic heterocycles. The number of alkyl halides is 3. The van der Waals surface area contributed by atoms with Gasteiger partial charge in [-0.2, -0.15) is 13.2 Å². The van der Waals surface area contributed by atoms with Gasteiger partial charge in [0.15, 0.2) is 17.2 Å². The maximum atomic E-state index is 14.3. The maximum absolute atomic E-state index is 14.3. The number of anilines is 1. The first-order valence-corrected chi connectivity index (χ1v) is 9.96. The minimum atomic E-state index is -5.07. The van der Waals surface area contributed by atoms with E-state index in [1.54, 1.807) is 13.8 Å². The number of nitrogens with one attached hydrogen (secondary N) is 1. The summed E-state index contributed by atoms with van der Waals surface area (Å²) in [6.07, 6.45) is -4.41. The minimum Gasteiger partial charge on any atom is -0.505 e. The Morgan fingerprint density at radius 3 is 2.59 bits per heavy atom. The summed E-state index contributed by atoms with van der Waals surface area (Å²) >= 11 is 0. The van der Waals surface area contributed by atoms with E-state index < -0.39 is 47.5 Å². The Hall–Kier alpha value is -3.01. The first-order valence-electron chi connectivity index (χ1n) is 9.96. The summed E-state index contributed by atoms with van der Waals surface area (Å²) < 4.78 is 70.9. The number of rotatable bonds is 3. The van der Waals surface area contributed by atoms with Crippen molar-refractivity contribution in [3.8, 4) is 5.75 Å². The highest BCUT2D eigenvalue weighted by atomic mass is 19.4. The van der Waals surface area contributed by atoms with Crippen LogP contribution in [0.25, 0.3) is 10.9 Å². The van der Waals surface area contributed by atoms with Crippen LogP contribution in [0.15, 0.2) is 30.5 Å². The van der Waals surface area contributed by atoms with Crippen LogP contribution < -0.4 is 5.32 Å². The Morgan fingerprint density at radius 2 is 1.94 bits per heavy atom. The fourth-order valence-corrected chi connectivity index (χ4v) is 4.42. The molecule has 0 bridgehead atoms. The quantitative estimate of drug-likeness (QED) is 0.471. The second-order valence-electron chi connectivity index (χ2n) is 8.01. The maximum Gasteiger partial charge on any atom is 0.419 e. The predicted molar refractivity (Wildman–Crippen MR) is 107 cm³/mol. The Bertz CT molecular complexity index is 1200. The molecule has 0 radical (unpaired) electrons. The van der Waals surface area contributed by atoms with Crippen molar-refractivity contribution in [1.29, 1.82) is 0 Å². The van der Waals surface area contributed by atoms with Crippen LogP contribution in [0, 0.1) is 18.6 Å². The molecule has 1 aliphatic rings. The molecular formula is C22H20F5N3O2. The molecule has 1 heterocycles. The first-order chi connectivity index (χ1) is 15.0. The van der Waals surface area contributed by atoms with Crippen molar-refractivity contribution >= 4 is 16.6 Å². The van der Waals surface area contributed by atoms with Crippen molar-refractivity contribution in [3.63, 3.8) is 0 Å². The summed E-state index contributed by atoms with van der Waals surface area (Å²) in [5.74, 6) is -3.08. The largest absolute Gasteiger partial charge is 0.505 e. The zero-order valence-electron chi connectivity index (χ0n) is 17.1. The highest BCUT2D eigenvalue weighted by molar-refractivity contribution is 5.91. The van der Waals surface area contributed by atoms with Crippen LogP contribution in [0.1, 0.15) is 48.7 Å². The van der Waals surface area contributed by atoms with E-state index >= 15 is 0 Å². The van der Waals surface area contributed by atoms with Crippen molar-refractivity contribution in [3.05, 3.63) is 59.0 Å². The smallest absolute Gasteiger partial charge is 0.419 e. The summed E-state index contributed by atoms with van der Waals surface area (Å²) in [5, 5.41) is 24.1. The SMILES string of the molecule is CCC1C[C@@](O)(C(F)(F)F)[C@H](Nc2cc(F)cc3nc(C)ncc23)c2ccc(F)c(O)c21. The lowest BCUT2D eigenvalue weighted by Crippen LogP contribution is -2.55. The topological polar surface area (TPSA) is 78.3 Å². The molecule has 3 N–H and O–H groups in total. The molecule has 1 aromatic heterocycles. The Balaban J connectivity index is 1.95. The molecule has 32 heavy (non-hydrogen) atoms. The number of aromatic nitrogens is 2. The number of phenols is 1. The van der Waals surface area contributed by atoms with Crippen molar-refractivity contribution in [2.75, 3.05) is 5.32 Å². The third kappa shape index (κ3) is 3.42. The van der Waals surface area contributed by atoms with E-state index in [4.69, 9.17) is 0 Å². The summed E-state index contributed by atoms with van der Waals surface area (Å²) in [4.78, 5) is 8.13. The van der Waals surface area contributed by atoms with Crippen LogP contribution in [-0.4, -0.2) is 32.0 Å². The van der Waals surface area contributed by atoms with E-state index in [1.807, 2.05) is 0 Å². The van der Waals surface area contributed by atoms with Crippen molar-refractivity contribution < 1.29 is 32.2 Å². The minimum absolute atomic E-state index is 0.00766. The van der Waals surface area contributed by atoms with Gasteiger partial charge in [0.2, 0.25) is 0 Å². The van der Waals surface area contributed by atoms with Gasteiger partial charge in [-0.3, -0.25) is 0 Å². The lowest BCUT2D eigenvalue weighted by atomic mass is 9.69. The molecule has 3 aromatic rings. The van der Waals surface area contributed by atoms with Gasteiger partial charge in [0.1, 0.15) is 11.6 Å². The Morgan fingerprint density at radius 1 is 1.22 bits per heavy atom. The third-order valence-corrected chi connectivity index (χ3v) is 6.03. The first kappa shape index (κ1) is 22.2. The van der Waals surface area contributed by atoms with Crippen LogP contribution in [0.2, 0.25) is 0 Å². The van der Waals surface area contributed by atoms with Crippen LogP contribution in [-0.2, 0) is 0 Å². The summed E-state index contributed by atoms with van der Waals surface area (Å²) in [5.41, 5.74) is -3.30. The highest BCUT2D eigenvalue weighted by Gasteiger charge is 2.62. The molecule has 2 aromatic carbocycles. The van der Waals surface area contributed by atoms with E-state index in [0.29, 0.717) is 5.82 Å². The second-order valence-corrected chi connectivity index (χ2v) is 8.01. The molecule has 0 amide bonds. The Labute approximate surface area is 179 Å². The van der Waals surface area contributed by atoms with Gasteiger partial charge in [0.25, 0.3) is 0 Å². The fraction of sp³-hybridized carbons (Fsp3) is 0.364. The number of phenolic OH excluding ortho intramolecular Hbond substituents is 1. The summed E-state index contributed by atoms with van der Waals surface area (Å²) in [6.45, 7) is 3.17. The molecule has 1 unspecified atom stereocenters. The zero-order valence-corrected chi connectivity index (χ0v) is 17.1. The normalized spacial score (nSPS) is 23.2. The van der Waals surface area contributed by atoms with Crippen LogP contribution in [0.5, 0.6) is 5.75 Å². The van der Waals surface area contributed by atoms with Crippen LogP contribution in [0.3, 0.4) is 0 Å². The number of benzene rings is 2. The zero-order chi connectivity index (χ0) is 23.4. The number of fused-ring (bicyclic) bond motifs is 2. The second kappa shape index (κ2) is 7.54. The molecular weight excluding hydrogens is 433 g/mol. The molecule has 170 valence electrons. The van der Waals surface area contributed by atoms with Gasteiger partial charge in [0.05, 0.1) is 11.6 Å². The molecule has 10 heteroatoms. The Kier molecular flexibility index (Phi) is 5.23. The van der Waals surface area contributed by atoms with Crippen molar-refractivity contribution in [2.45, 2.75) is 50.4 Å². The van der Waals surface area contributed by atoms with E-state index in [1.165, 1.54) is 6.20 Å². The van der Waals surface area contributed by atoms with Gasteiger partial charge in [-0.25, -0.2) is 18.7 Å². The number of halogens is 5. The van der Waals surface area contributed by atoms with Crippen LogP contribution >= 0.6 is 0 Å². The summed E-state index contributed by atoms with van der Waals surface area (Å²) in [6, 6.07) is 2.19. The van der Waals surface area contributed by atoms with Gasteiger partial charge in [-0.1, -0.05) is 13.0 Å². The van der Waals surface area contributed by atoms with Gasteiger partial charge in [0, 0.05) is 28.9 Å². The number of aliphatic hydroxyl groups is 1. The molecule has 4 rings (SSSR count). The number of nitrogens with zero attached hydrogens (tertiary/aromatic N) is 2. The van der Waals surface area contributed by atoms with Crippen molar-refractivity contribution in [1.82, 2.24) is 9.97 Å². The molecule has 1 aliphatic carbocycles. The number of hydrogen-bond donors (Lipinski definition) is 3. The molecule has 0 saturated heterocycles. The van der Waals surface area contributed by atoms with Gasteiger partial charge in [-0.05, 0) is 43.4 Å². The lowest BCUT2D eigenvalue weighted by Gasteiger charge is -2.45. The van der Waals surface area contributed by atoms with Gasteiger partial charge < -0.3 is 15.5 Å². The molecule has 3 atom stereocenters. The standard InChI is InChI=1S/C22H20F5N3O2/c1-3-11-8-21(32,22(25,26)27)20(13-4-5-15(24)19(31)18(11)13)30-17-7-12(23)6-16-14(17)9-28-10(2)29-16/h4-7,9,11,20,30-32H,3,8H2,1-2H3/t11?,20-,21+/m1/s1. The van der Waals surface area contributed by atoms with E-state index in [0.717, 1.165) is 24.3 Å². The van der Waals surface area contributed by atoms with E-state index in [9.17, 15) is 32.2 Å². The third-order valence-electron chi connectivity index (χ3n) is 6.03. The molecule has 0 fully saturated rings. The number of hydrogen-bond acceptors (Lipinski definition) is 5. The molecule has 0 saturated carbocycles. The van der Waals surface area contributed by atoms with Crippen molar-refractivity contribution in [2.24, 2.45) is 0 Å². The van der Waals surface area contributed by atoms with Gasteiger partial charge >= 0.3 is 6.18 Å². The summed E-state index contributed by atoms with van der Waals surface area (Å²) in [7, 11) is 0. The van der Waals surface area contributed by atoms with Crippen LogP contribution in [0.4, 0.5) is 27.6 Å². The van der Waals surface area contributed by atoms with Gasteiger partial charge in [-0.15, -0.1) is 0 Å². The molecule has 5 nitrogen and oxygen atoms in total. The molecule has 0 spiro atoms. The number of aromatic hydroxyl groups is 1. The van der Waals surface area contributed by atoms with E-state index in [2.05, 4.69) is 15.3 Å². The average Bonchev–Trinajstić information content (AvgIpc) is 2.70. The lowest BCUT2D eigenvalue weighted by molar-refractivity contribution is -0.272. The van der Waals surface area contributed by atoms with E-state index in [-0.39, 0.29) is 34.1 Å². The average molecular weight is 453 g/mol. The monoisotopic (exact) mass is 453 g/mol. The predicted octanol–water partition coefficient (Wildman–Crippen LogP) is 5.27. The number of aryl methyl sites for hydroxylation is 1.